The van der Waals surface area contributed by atoms with Gasteiger partial charge in [-0.05, 0) is 37.2 Å². The molecule has 1 heterocycles. The summed E-state index contributed by atoms with van der Waals surface area (Å²) in [5.74, 6) is -2.12. The maximum atomic E-state index is 13.0. The van der Waals surface area contributed by atoms with Gasteiger partial charge in [-0.3, -0.25) is 4.79 Å². The fraction of sp³-hybridized carbons (Fsp3) is 0.385. The van der Waals surface area contributed by atoms with E-state index >= 15 is 0 Å². The van der Waals surface area contributed by atoms with E-state index in [0.717, 1.165) is 25.2 Å². The van der Waals surface area contributed by atoms with E-state index in [0.29, 0.717) is 0 Å². The average Bonchev–Trinajstić information content (AvgIpc) is 2.28. The molecule has 0 bridgehead atoms. The molecule has 19 heavy (non-hydrogen) atoms. The Labute approximate surface area is 109 Å². The molecule has 1 aromatic rings. The quantitative estimate of drug-likeness (QED) is 0.768. The smallest absolute Gasteiger partial charge is 0.337 e. The Kier molecular flexibility index (Phi) is 3.80. The minimum atomic E-state index is -1.27. The van der Waals surface area contributed by atoms with Crippen LogP contribution in [0.25, 0.3) is 0 Å². The van der Waals surface area contributed by atoms with Crippen LogP contribution in [-0.4, -0.2) is 30.1 Å². The molecular weight excluding hydrogens is 251 g/mol. The first-order valence-corrected chi connectivity index (χ1v) is 6.03. The van der Waals surface area contributed by atoms with Crippen LogP contribution in [0.4, 0.5) is 10.1 Å². The van der Waals surface area contributed by atoms with Crippen LogP contribution < -0.4 is 10.6 Å². The summed E-state index contributed by atoms with van der Waals surface area (Å²) >= 11 is 0. The van der Waals surface area contributed by atoms with Gasteiger partial charge in [0.1, 0.15) is 5.82 Å². The molecule has 2 rings (SSSR count). The highest BCUT2D eigenvalue weighted by atomic mass is 19.1. The van der Waals surface area contributed by atoms with Crippen molar-refractivity contribution >= 4 is 17.6 Å². The summed E-state index contributed by atoms with van der Waals surface area (Å²) < 4.78 is 13.0. The Balaban J connectivity index is 2.13. The van der Waals surface area contributed by atoms with E-state index in [1.54, 1.807) is 6.92 Å². The second-order valence-electron chi connectivity index (χ2n) is 4.69. The zero-order valence-electron chi connectivity index (χ0n) is 10.4. The molecule has 0 aliphatic carbocycles. The summed E-state index contributed by atoms with van der Waals surface area (Å²) in [6.07, 6.45) is 0. The number of carboxylic acid groups (broad SMARTS) is 1. The Morgan fingerprint density at radius 1 is 1.47 bits per heavy atom. The minimum absolute atomic E-state index is 0.123. The van der Waals surface area contributed by atoms with Crippen molar-refractivity contribution in [2.24, 2.45) is 11.8 Å². The number of carbonyl (C=O) groups is 2. The van der Waals surface area contributed by atoms with Gasteiger partial charge in [0.05, 0.1) is 11.3 Å². The van der Waals surface area contributed by atoms with Crippen LogP contribution in [0.5, 0.6) is 0 Å². The Morgan fingerprint density at radius 3 is 2.68 bits per heavy atom. The van der Waals surface area contributed by atoms with Crippen molar-refractivity contribution in [2.75, 3.05) is 18.4 Å². The maximum absolute atomic E-state index is 13.0. The van der Waals surface area contributed by atoms with Gasteiger partial charge in [0, 0.05) is 5.92 Å². The molecule has 6 heteroatoms. The molecule has 1 atom stereocenters. The topological polar surface area (TPSA) is 78.4 Å². The average molecular weight is 266 g/mol. The molecule has 1 aliphatic rings. The highest BCUT2D eigenvalue weighted by Crippen LogP contribution is 2.21. The van der Waals surface area contributed by atoms with Crippen LogP contribution in [0.1, 0.15) is 17.3 Å². The van der Waals surface area contributed by atoms with Gasteiger partial charge < -0.3 is 15.7 Å². The number of carbonyl (C=O) groups excluding carboxylic acids is 1. The number of hydrogen-bond donors (Lipinski definition) is 3. The predicted molar refractivity (Wildman–Crippen MR) is 67.5 cm³/mol. The molecule has 1 unspecified atom stereocenters. The molecule has 0 saturated carbocycles. The van der Waals surface area contributed by atoms with Crippen molar-refractivity contribution in [3.63, 3.8) is 0 Å². The van der Waals surface area contributed by atoms with Crippen molar-refractivity contribution in [1.29, 1.82) is 0 Å². The molecule has 0 aromatic heterocycles. The maximum Gasteiger partial charge on any atom is 0.337 e. The Morgan fingerprint density at radius 2 is 2.16 bits per heavy atom. The van der Waals surface area contributed by atoms with Gasteiger partial charge in [-0.2, -0.15) is 0 Å². The van der Waals surface area contributed by atoms with E-state index in [-0.39, 0.29) is 29.0 Å². The summed E-state index contributed by atoms with van der Waals surface area (Å²) in [5, 5.41) is 14.6. The first kappa shape index (κ1) is 13.5. The number of aromatic carboxylic acids is 1. The lowest BCUT2D eigenvalue weighted by molar-refractivity contribution is -0.121. The van der Waals surface area contributed by atoms with Crippen molar-refractivity contribution in [3.8, 4) is 0 Å². The van der Waals surface area contributed by atoms with Crippen molar-refractivity contribution in [3.05, 3.63) is 29.6 Å². The molecule has 0 spiro atoms. The van der Waals surface area contributed by atoms with Gasteiger partial charge in [0.2, 0.25) is 5.91 Å². The van der Waals surface area contributed by atoms with Crippen LogP contribution in [0.15, 0.2) is 18.2 Å². The van der Waals surface area contributed by atoms with E-state index in [2.05, 4.69) is 10.6 Å². The number of halogens is 1. The van der Waals surface area contributed by atoms with Gasteiger partial charge >= 0.3 is 5.97 Å². The van der Waals surface area contributed by atoms with E-state index in [9.17, 15) is 14.0 Å². The van der Waals surface area contributed by atoms with Crippen LogP contribution in [-0.2, 0) is 4.79 Å². The van der Waals surface area contributed by atoms with Gasteiger partial charge in [-0.1, -0.05) is 6.92 Å². The van der Waals surface area contributed by atoms with Crippen LogP contribution in [0, 0.1) is 17.7 Å². The molecule has 1 saturated heterocycles. The number of anilines is 1. The molecule has 1 amide bonds. The highest BCUT2D eigenvalue weighted by Gasteiger charge is 2.29. The summed E-state index contributed by atoms with van der Waals surface area (Å²) in [4.78, 5) is 23.0. The molecule has 1 aliphatic heterocycles. The van der Waals surface area contributed by atoms with Crippen molar-refractivity contribution < 1.29 is 19.1 Å². The number of carboxylic acids is 1. The summed E-state index contributed by atoms with van der Waals surface area (Å²) in [5.41, 5.74) is -0.120. The van der Waals surface area contributed by atoms with E-state index in [1.165, 1.54) is 6.07 Å². The van der Waals surface area contributed by atoms with Crippen LogP contribution in [0.3, 0.4) is 0 Å². The summed E-state index contributed by atoms with van der Waals surface area (Å²) in [6, 6.07) is 3.29. The predicted octanol–water partition coefficient (Wildman–Crippen LogP) is 1.32. The van der Waals surface area contributed by atoms with E-state index in [1.807, 2.05) is 0 Å². The monoisotopic (exact) mass is 266 g/mol. The normalized spacial score (nSPS) is 16.5. The number of benzene rings is 1. The first-order chi connectivity index (χ1) is 8.99. The summed E-state index contributed by atoms with van der Waals surface area (Å²) in [7, 11) is 0. The van der Waals surface area contributed by atoms with Gasteiger partial charge in [0.15, 0.2) is 0 Å². The molecular formula is C13H15FN2O3. The second-order valence-corrected chi connectivity index (χ2v) is 4.69. The standard InChI is InChI=1S/C13H15FN2O3/c1-7(8-5-15-6-8)12(17)16-11-3-2-9(14)4-10(11)13(18)19/h2-4,7-8,15H,5-6H2,1H3,(H,16,17)(H,18,19). The lowest BCUT2D eigenvalue weighted by atomic mass is 9.88. The van der Waals surface area contributed by atoms with Gasteiger partial charge in [-0.25, -0.2) is 9.18 Å². The molecule has 1 aromatic carbocycles. The lowest BCUT2D eigenvalue weighted by Crippen LogP contribution is -2.48. The summed E-state index contributed by atoms with van der Waals surface area (Å²) in [6.45, 7) is 3.36. The van der Waals surface area contributed by atoms with Crippen molar-refractivity contribution in [1.82, 2.24) is 5.32 Å². The third kappa shape index (κ3) is 2.90. The SMILES string of the molecule is CC(C(=O)Nc1ccc(F)cc1C(=O)O)C1CNC1. The second kappa shape index (κ2) is 5.36. The molecule has 102 valence electrons. The van der Waals surface area contributed by atoms with Crippen LogP contribution >= 0.6 is 0 Å². The minimum Gasteiger partial charge on any atom is -0.478 e. The number of rotatable bonds is 4. The number of nitrogens with one attached hydrogen (secondary N) is 2. The Bertz CT molecular complexity index is 515. The van der Waals surface area contributed by atoms with Gasteiger partial charge in [0.25, 0.3) is 0 Å². The van der Waals surface area contributed by atoms with E-state index < -0.39 is 11.8 Å². The molecule has 3 N–H and O–H groups in total. The molecule has 0 radical (unpaired) electrons. The van der Waals surface area contributed by atoms with Crippen LogP contribution in [0.2, 0.25) is 0 Å². The first-order valence-electron chi connectivity index (χ1n) is 6.03. The van der Waals surface area contributed by atoms with E-state index in [4.69, 9.17) is 5.11 Å². The third-order valence-electron chi connectivity index (χ3n) is 3.40. The highest BCUT2D eigenvalue weighted by molar-refractivity contribution is 6.01. The molecule has 1 fully saturated rings. The Hall–Kier alpha value is -1.95. The molecule has 5 nitrogen and oxygen atoms in total. The lowest BCUT2D eigenvalue weighted by Gasteiger charge is -2.31. The number of hydrogen-bond acceptors (Lipinski definition) is 3. The van der Waals surface area contributed by atoms with Gasteiger partial charge in [-0.15, -0.1) is 0 Å². The largest absolute Gasteiger partial charge is 0.478 e. The third-order valence-corrected chi connectivity index (χ3v) is 3.40. The zero-order chi connectivity index (χ0) is 14.0. The van der Waals surface area contributed by atoms with Crippen molar-refractivity contribution in [2.45, 2.75) is 6.92 Å². The number of amides is 1. The fourth-order valence-corrected chi connectivity index (χ4v) is 1.93. The fourth-order valence-electron chi connectivity index (χ4n) is 1.93. The zero-order valence-corrected chi connectivity index (χ0v) is 10.4.